The van der Waals surface area contributed by atoms with Crippen molar-refractivity contribution >= 4 is 22.3 Å². The Hall–Kier alpha value is -2.42. The van der Waals surface area contributed by atoms with Gasteiger partial charge in [-0.05, 0) is 55.2 Å². The third-order valence-electron chi connectivity index (χ3n) is 3.97. The van der Waals surface area contributed by atoms with Gasteiger partial charge in [0.05, 0.1) is 0 Å². The van der Waals surface area contributed by atoms with Crippen molar-refractivity contribution in [1.29, 1.82) is 0 Å². The summed E-state index contributed by atoms with van der Waals surface area (Å²) in [6, 6.07) is 12.4. The van der Waals surface area contributed by atoms with Crippen molar-refractivity contribution in [1.82, 2.24) is 4.98 Å². The molecule has 21 heavy (non-hydrogen) atoms. The predicted molar refractivity (Wildman–Crippen MR) is 90.8 cm³/mol. The number of nitrogens with one attached hydrogen (secondary N) is 2. The monoisotopic (exact) mass is 279 g/mol. The minimum Gasteiger partial charge on any atom is -0.399 e. The molecule has 0 aliphatic rings. The molecule has 0 bridgehead atoms. The number of nitrogen functional groups attached to an aromatic ring is 1. The molecule has 0 atom stereocenters. The quantitative estimate of drug-likeness (QED) is 0.632. The Morgan fingerprint density at radius 1 is 1.10 bits per heavy atom. The van der Waals surface area contributed by atoms with E-state index in [-0.39, 0.29) is 0 Å². The van der Waals surface area contributed by atoms with Crippen molar-refractivity contribution in [3.63, 3.8) is 0 Å². The molecular weight excluding hydrogens is 258 g/mol. The minimum absolute atomic E-state index is 0.810. The van der Waals surface area contributed by atoms with Gasteiger partial charge in [0.1, 0.15) is 0 Å². The smallest absolute Gasteiger partial charge is 0.0486 e. The highest BCUT2D eigenvalue weighted by Crippen LogP contribution is 2.22. The summed E-state index contributed by atoms with van der Waals surface area (Å²) in [4.78, 5) is 3.38. The number of hydrogen-bond donors (Lipinski definition) is 3. The molecule has 0 aliphatic carbocycles. The van der Waals surface area contributed by atoms with E-state index in [0.717, 1.165) is 24.3 Å². The highest BCUT2D eigenvalue weighted by atomic mass is 14.9. The highest BCUT2D eigenvalue weighted by molar-refractivity contribution is 5.85. The molecule has 1 aromatic heterocycles. The molecule has 1 heterocycles. The van der Waals surface area contributed by atoms with Gasteiger partial charge in [-0.1, -0.05) is 18.2 Å². The fourth-order valence-corrected chi connectivity index (χ4v) is 2.79. The summed E-state index contributed by atoms with van der Waals surface area (Å²) in [5.41, 5.74) is 12.8. The van der Waals surface area contributed by atoms with E-state index in [1.807, 2.05) is 18.2 Å². The lowest BCUT2D eigenvalue weighted by atomic mass is 10.1. The third kappa shape index (κ3) is 2.72. The number of fused-ring (bicyclic) bond motifs is 1. The molecule has 0 fully saturated rings. The standard InChI is InChI=1S/C18H21N3/c1-12-4-3-5-16-14(11-21-18(12)16)8-9-20-17-7-6-15(19)10-13(17)2/h3-7,10-11,20-21H,8-9,19H2,1-2H3. The van der Waals surface area contributed by atoms with E-state index >= 15 is 0 Å². The summed E-state index contributed by atoms with van der Waals surface area (Å²) in [5.74, 6) is 0. The van der Waals surface area contributed by atoms with Crippen molar-refractivity contribution in [3.05, 3.63) is 59.3 Å². The van der Waals surface area contributed by atoms with Crippen LogP contribution in [0.5, 0.6) is 0 Å². The van der Waals surface area contributed by atoms with Gasteiger partial charge in [-0.3, -0.25) is 0 Å². The van der Waals surface area contributed by atoms with E-state index in [1.54, 1.807) is 0 Å². The normalized spacial score (nSPS) is 11.0. The number of aryl methyl sites for hydroxylation is 2. The van der Waals surface area contributed by atoms with Crippen molar-refractivity contribution in [2.45, 2.75) is 20.3 Å². The van der Waals surface area contributed by atoms with E-state index in [2.05, 4.69) is 48.5 Å². The predicted octanol–water partition coefficient (Wildman–Crippen LogP) is 4.02. The van der Waals surface area contributed by atoms with Crippen LogP contribution < -0.4 is 11.1 Å². The van der Waals surface area contributed by atoms with Crippen LogP contribution in [0.2, 0.25) is 0 Å². The molecular formula is C18H21N3. The number of para-hydroxylation sites is 1. The SMILES string of the molecule is Cc1cc(N)ccc1NCCc1c[nH]c2c(C)cccc12. The summed E-state index contributed by atoms with van der Waals surface area (Å²) >= 11 is 0. The zero-order valence-corrected chi connectivity index (χ0v) is 12.5. The first-order valence-corrected chi connectivity index (χ1v) is 7.31. The van der Waals surface area contributed by atoms with E-state index < -0.39 is 0 Å². The molecule has 108 valence electrons. The summed E-state index contributed by atoms with van der Waals surface area (Å²) in [7, 11) is 0. The van der Waals surface area contributed by atoms with E-state index in [0.29, 0.717) is 0 Å². The molecule has 0 amide bonds. The van der Waals surface area contributed by atoms with Gasteiger partial charge in [0.25, 0.3) is 0 Å². The Kier molecular flexibility index (Phi) is 3.57. The fourth-order valence-electron chi connectivity index (χ4n) is 2.79. The van der Waals surface area contributed by atoms with Gasteiger partial charge < -0.3 is 16.0 Å². The Bertz CT molecular complexity index is 771. The average molecular weight is 279 g/mol. The van der Waals surface area contributed by atoms with Crippen LogP contribution in [0.15, 0.2) is 42.6 Å². The molecule has 3 nitrogen and oxygen atoms in total. The van der Waals surface area contributed by atoms with Gasteiger partial charge in [-0.15, -0.1) is 0 Å². The Labute approximate surface area is 125 Å². The topological polar surface area (TPSA) is 53.8 Å². The van der Waals surface area contributed by atoms with Crippen molar-refractivity contribution in [2.24, 2.45) is 0 Å². The van der Waals surface area contributed by atoms with E-state index in [1.165, 1.54) is 27.6 Å². The molecule has 0 unspecified atom stereocenters. The molecule has 3 heteroatoms. The molecule has 0 aliphatic heterocycles. The van der Waals surface area contributed by atoms with Crippen LogP contribution in [0.4, 0.5) is 11.4 Å². The molecule has 0 radical (unpaired) electrons. The largest absolute Gasteiger partial charge is 0.399 e. The number of hydrogen-bond acceptors (Lipinski definition) is 2. The second-order valence-electron chi connectivity index (χ2n) is 5.56. The first-order chi connectivity index (χ1) is 10.1. The number of rotatable bonds is 4. The summed E-state index contributed by atoms with van der Waals surface area (Å²) in [6.07, 6.45) is 3.11. The second-order valence-corrected chi connectivity index (χ2v) is 5.56. The maximum absolute atomic E-state index is 5.78. The van der Waals surface area contributed by atoms with Crippen LogP contribution in [-0.4, -0.2) is 11.5 Å². The Morgan fingerprint density at radius 2 is 1.95 bits per heavy atom. The lowest BCUT2D eigenvalue weighted by molar-refractivity contribution is 1.03. The Balaban J connectivity index is 1.71. The maximum atomic E-state index is 5.78. The molecule has 3 aromatic rings. The third-order valence-corrected chi connectivity index (χ3v) is 3.97. The summed E-state index contributed by atoms with van der Waals surface area (Å²) < 4.78 is 0. The molecule has 0 spiro atoms. The maximum Gasteiger partial charge on any atom is 0.0486 e. The fraction of sp³-hybridized carbons (Fsp3) is 0.222. The first kappa shape index (κ1) is 13.6. The van der Waals surface area contributed by atoms with Crippen LogP contribution in [0.25, 0.3) is 10.9 Å². The molecule has 2 aromatic carbocycles. The van der Waals surface area contributed by atoms with Crippen molar-refractivity contribution in [3.8, 4) is 0 Å². The number of nitrogens with two attached hydrogens (primary N) is 1. The first-order valence-electron chi connectivity index (χ1n) is 7.31. The van der Waals surface area contributed by atoms with Gasteiger partial charge >= 0.3 is 0 Å². The lowest BCUT2D eigenvalue weighted by Gasteiger charge is -2.10. The number of benzene rings is 2. The van der Waals surface area contributed by atoms with Crippen molar-refractivity contribution in [2.75, 3.05) is 17.6 Å². The zero-order valence-electron chi connectivity index (χ0n) is 12.5. The van der Waals surface area contributed by atoms with Gasteiger partial charge in [-0.2, -0.15) is 0 Å². The lowest BCUT2D eigenvalue weighted by Crippen LogP contribution is -2.06. The Morgan fingerprint density at radius 3 is 2.76 bits per heavy atom. The molecule has 3 rings (SSSR count). The van der Waals surface area contributed by atoms with Gasteiger partial charge in [0.15, 0.2) is 0 Å². The summed E-state index contributed by atoms with van der Waals surface area (Å²) in [6.45, 7) is 5.12. The van der Waals surface area contributed by atoms with Crippen LogP contribution in [-0.2, 0) is 6.42 Å². The van der Waals surface area contributed by atoms with Crippen LogP contribution in [0.3, 0.4) is 0 Å². The highest BCUT2D eigenvalue weighted by Gasteiger charge is 2.05. The number of H-pyrrole nitrogens is 1. The summed E-state index contributed by atoms with van der Waals surface area (Å²) in [5, 5.41) is 4.81. The molecule has 0 saturated carbocycles. The molecule has 4 N–H and O–H groups in total. The minimum atomic E-state index is 0.810. The number of anilines is 2. The zero-order chi connectivity index (χ0) is 14.8. The second kappa shape index (κ2) is 5.52. The average Bonchev–Trinajstić information content (AvgIpc) is 2.86. The number of aromatic amines is 1. The van der Waals surface area contributed by atoms with Gasteiger partial charge in [-0.25, -0.2) is 0 Å². The van der Waals surface area contributed by atoms with E-state index in [9.17, 15) is 0 Å². The van der Waals surface area contributed by atoms with Gasteiger partial charge in [0.2, 0.25) is 0 Å². The van der Waals surface area contributed by atoms with E-state index in [4.69, 9.17) is 5.73 Å². The van der Waals surface area contributed by atoms with Crippen LogP contribution >= 0.6 is 0 Å². The van der Waals surface area contributed by atoms with Gasteiger partial charge in [0, 0.05) is 35.0 Å². The van der Waals surface area contributed by atoms with Crippen LogP contribution in [0, 0.1) is 13.8 Å². The van der Waals surface area contributed by atoms with Crippen molar-refractivity contribution < 1.29 is 0 Å². The number of aromatic nitrogens is 1. The van der Waals surface area contributed by atoms with Crippen LogP contribution in [0.1, 0.15) is 16.7 Å². The molecule has 0 saturated heterocycles.